The van der Waals surface area contributed by atoms with E-state index in [1.807, 2.05) is 0 Å². The zero-order valence-electron chi connectivity index (χ0n) is 10.4. The molecule has 2 rings (SSSR count). The Morgan fingerprint density at radius 2 is 2.35 bits per heavy atom. The molecule has 2 heterocycles. The number of hydrogen-bond donors (Lipinski definition) is 2. The number of ether oxygens (including phenoxy) is 1. The number of carbonyl (C=O) groups excluding carboxylic acids is 1. The summed E-state index contributed by atoms with van der Waals surface area (Å²) in [6.45, 7) is -0.712. The fourth-order valence-electron chi connectivity index (χ4n) is 1.75. The van der Waals surface area contributed by atoms with Crippen molar-refractivity contribution in [3.8, 4) is 6.01 Å². The van der Waals surface area contributed by atoms with Gasteiger partial charge in [0.2, 0.25) is 5.91 Å². The molecule has 1 saturated heterocycles. The lowest BCUT2D eigenvalue weighted by atomic mass is 10.2. The van der Waals surface area contributed by atoms with Crippen LogP contribution < -0.4 is 15.4 Å². The second-order valence-corrected chi connectivity index (χ2v) is 4.27. The lowest BCUT2D eigenvalue weighted by molar-refractivity contribution is -0.154. The molecule has 1 atom stereocenters. The van der Waals surface area contributed by atoms with Crippen LogP contribution in [0.25, 0.3) is 0 Å². The van der Waals surface area contributed by atoms with Crippen LogP contribution in [0.3, 0.4) is 0 Å². The van der Waals surface area contributed by atoms with Gasteiger partial charge in [0.05, 0.1) is 6.04 Å². The van der Waals surface area contributed by atoms with Gasteiger partial charge in [-0.25, -0.2) is 4.98 Å². The minimum Gasteiger partial charge on any atom is -0.454 e. The Labute approximate surface area is 112 Å². The van der Waals surface area contributed by atoms with E-state index in [0.29, 0.717) is 6.42 Å². The van der Waals surface area contributed by atoms with Crippen LogP contribution in [0, 0.1) is 0 Å². The summed E-state index contributed by atoms with van der Waals surface area (Å²) in [6, 6.07) is 0.650. The van der Waals surface area contributed by atoms with Gasteiger partial charge >= 0.3 is 12.2 Å². The molecule has 6 nitrogen and oxygen atoms in total. The predicted molar refractivity (Wildman–Crippen MR) is 63.2 cm³/mol. The van der Waals surface area contributed by atoms with Gasteiger partial charge in [0, 0.05) is 6.20 Å². The molecule has 1 aromatic heterocycles. The van der Waals surface area contributed by atoms with E-state index >= 15 is 0 Å². The normalized spacial score (nSPS) is 18.9. The molecule has 1 unspecified atom stereocenters. The third-order valence-corrected chi connectivity index (χ3v) is 2.63. The smallest absolute Gasteiger partial charge is 0.422 e. The maximum Gasteiger partial charge on any atom is 0.422 e. The summed E-state index contributed by atoms with van der Waals surface area (Å²) < 4.78 is 40.4. The molecule has 0 aliphatic carbocycles. The summed E-state index contributed by atoms with van der Waals surface area (Å²) in [5, 5.41) is 5.51. The molecule has 0 saturated carbocycles. The zero-order chi connectivity index (χ0) is 14.6. The second kappa shape index (κ2) is 6.04. The summed E-state index contributed by atoms with van der Waals surface area (Å²) in [4.78, 5) is 19.0. The van der Waals surface area contributed by atoms with Crippen molar-refractivity contribution in [2.24, 2.45) is 0 Å². The van der Waals surface area contributed by atoms with E-state index in [9.17, 15) is 18.0 Å². The van der Waals surface area contributed by atoms with Gasteiger partial charge < -0.3 is 15.4 Å². The van der Waals surface area contributed by atoms with E-state index in [0.717, 1.165) is 13.0 Å². The Kier molecular flexibility index (Phi) is 4.38. The van der Waals surface area contributed by atoms with Gasteiger partial charge in [-0.3, -0.25) is 4.79 Å². The molecule has 9 heteroatoms. The summed E-state index contributed by atoms with van der Waals surface area (Å²) in [5.74, 6) is -0.168. The zero-order valence-corrected chi connectivity index (χ0v) is 10.4. The third kappa shape index (κ3) is 4.34. The van der Waals surface area contributed by atoms with Crippen molar-refractivity contribution in [1.82, 2.24) is 15.3 Å². The van der Waals surface area contributed by atoms with Crippen LogP contribution in [0.2, 0.25) is 0 Å². The number of nitrogens with one attached hydrogen (secondary N) is 2. The number of nitrogens with zero attached hydrogens (tertiary/aromatic N) is 2. The molecular weight excluding hydrogens is 277 g/mol. The first-order valence-electron chi connectivity index (χ1n) is 6.01. The average molecular weight is 290 g/mol. The van der Waals surface area contributed by atoms with E-state index in [1.165, 1.54) is 12.3 Å². The van der Waals surface area contributed by atoms with Gasteiger partial charge in [0.15, 0.2) is 6.61 Å². The monoisotopic (exact) mass is 290 g/mol. The van der Waals surface area contributed by atoms with Gasteiger partial charge in [-0.1, -0.05) is 0 Å². The molecule has 110 valence electrons. The van der Waals surface area contributed by atoms with Crippen molar-refractivity contribution in [3.05, 3.63) is 12.3 Å². The predicted octanol–water partition coefficient (Wildman–Crippen LogP) is 1.11. The van der Waals surface area contributed by atoms with Crippen LogP contribution in [-0.2, 0) is 4.79 Å². The maximum atomic E-state index is 12.0. The molecule has 20 heavy (non-hydrogen) atoms. The Balaban J connectivity index is 1.93. The van der Waals surface area contributed by atoms with E-state index in [-0.39, 0.29) is 17.8 Å². The number of aromatic nitrogens is 2. The van der Waals surface area contributed by atoms with Crippen molar-refractivity contribution in [1.29, 1.82) is 0 Å². The first-order valence-corrected chi connectivity index (χ1v) is 6.01. The second-order valence-electron chi connectivity index (χ2n) is 4.27. The molecular formula is C11H13F3N4O2. The first-order chi connectivity index (χ1) is 9.44. The molecule has 0 spiro atoms. The molecule has 1 amide bonds. The molecule has 1 aliphatic heterocycles. The average Bonchev–Trinajstić information content (AvgIpc) is 2.90. The van der Waals surface area contributed by atoms with Crippen LogP contribution >= 0.6 is 0 Å². The Hall–Kier alpha value is -1.90. The quantitative estimate of drug-likeness (QED) is 0.868. The van der Waals surface area contributed by atoms with Crippen LogP contribution in [-0.4, -0.2) is 41.2 Å². The SMILES string of the molecule is O=C(Nc1ccnc(OCC(F)(F)F)n1)C1CCCN1. The van der Waals surface area contributed by atoms with Gasteiger partial charge in [-0.05, 0) is 25.5 Å². The Morgan fingerprint density at radius 3 is 3.00 bits per heavy atom. The topological polar surface area (TPSA) is 76.1 Å². The number of alkyl halides is 3. The van der Waals surface area contributed by atoms with Crippen LogP contribution in [0.4, 0.5) is 19.0 Å². The maximum absolute atomic E-state index is 12.0. The van der Waals surface area contributed by atoms with E-state index < -0.39 is 18.8 Å². The first kappa shape index (κ1) is 14.5. The summed E-state index contributed by atoms with van der Waals surface area (Å²) in [6.07, 6.45) is -1.62. The lowest BCUT2D eigenvalue weighted by Crippen LogP contribution is -2.35. The van der Waals surface area contributed by atoms with E-state index in [2.05, 4.69) is 25.3 Å². The number of amides is 1. The largest absolute Gasteiger partial charge is 0.454 e. The number of hydrogen-bond acceptors (Lipinski definition) is 5. The lowest BCUT2D eigenvalue weighted by Gasteiger charge is -2.11. The summed E-state index contributed by atoms with van der Waals surface area (Å²) in [7, 11) is 0. The fourth-order valence-corrected chi connectivity index (χ4v) is 1.75. The Morgan fingerprint density at radius 1 is 1.55 bits per heavy atom. The molecule has 1 fully saturated rings. The van der Waals surface area contributed by atoms with Gasteiger partial charge in [0.1, 0.15) is 5.82 Å². The number of carbonyl (C=O) groups is 1. The summed E-state index contributed by atoms with van der Waals surface area (Å²) in [5.41, 5.74) is 0. The number of rotatable bonds is 4. The number of anilines is 1. The highest BCUT2D eigenvalue weighted by molar-refractivity contribution is 5.94. The van der Waals surface area contributed by atoms with Gasteiger partial charge in [0.25, 0.3) is 0 Å². The van der Waals surface area contributed by atoms with Gasteiger partial charge in [-0.2, -0.15) is 18.2 Å². The van der Waals surface area contributed by atoms with E-state index in [4.69, 9.17) is 0 Å². The molecule has 0 radical (unpaired) electrons. The molecule has 0 bridgehead atoms. The molecule has 2 N–H and O–H groups in total. The highest BCUT2D eigenvalue weighted by atomic mass is 19.4. The highest BCUT2D eigenvalue weighted by Gasteiger charge is 2.29. The summed E-state index contributed by atoms with van der Waals surface area (Å²) >= 11 is 0. The fraction of sp³-hybridized carbons (Fsp3) is 0.545. The van der Waals surface area contributed by atoms with Crippen LogP contribution in [0.5, 0.6) is 6.01 Å². The van der Waals surface area contributed by atoms with Crippen LogP contribution in [0.1, 0.15) is 12.8 Å². The minimum atomic E-state index is -4.46. The van der Waals surface area contributed by atoms with Crippen molar-refractivity contribution >= 4 is 11.7 Å². The standard InChI is InChI=1S/C11H13F3N4O2/c12-11(13,14)6-20-10-16-5-3-8(18-10)17-9(19)7-2-1-4-15-7/h3,5,7,15H,1-2,4,6H2,(H,16,17,18,19). The number of halogens is 3. The van der Waals surface area contributed by atoms with Crippen molar-refractivity contribution < 1.29 is 22.7 Å². The van der Waals surface area contributed by atoms with Gasteiger partial charge in [-0.15, -0.1) is 0 Å². The third-order valence-electron chi connectivity index (χ3n) is 2.63. The van der Waals surface area contributed by atoms with Crippen molar-refractivity contribution in [2.75, 3.05) is 18.5 Å². The van der Waals surface area contributed by atoms with Crippen LogP contribution in [0.15, 0.2) is 12.3 Å². The Bertz CT molecular complexity index is 475. The molecule has 1 aromatic rings. The molecule has 0 aromatic carbocycles. The van der Waals surface area contributed by atoms with E-state index in [1.54, 1.807) is 0 Å². The highest BCUT2D eigenvalue weighted by Crippen LogP contribution is 2.17. The molecule has 1 aliphatic rings. The minimum absolute atomic E-state index is 0.107. The van der Waals surface area contributed by atoms with Crippen molar-refractivity contribution in [2.45, 2.75) is 25.1 Å². The van der Waals surface area contributed by atoms with Crippen molar-refractivity contribution in [3.63, 3.8) is 0 Å².